The summed E-state index contributed by atoms with van der Waals surface area (Å²) in [4.78, 5) is 11.2. The lowest BCUT2D eigenvalue weighted by atomic mass is 10.2. The third-order valence-corrected chi connectivity index (χ3v) is 2.13. The molecule has 0 aromatic rings. The highest BCUT2D eigenvalue weighted by atomic mass is 16.5. The molecule has 3 nitrogen and oxygen atoms in total. The van der Waals surface area contributed by atoms with Crippen LogP contribution in [0.25, 0.3) is 0 Å². The molecule has 1 rings (SSSR count). The lowest BCUT2D eigenvalue weighted by Gasteiger charge is -2.17. The maximum Gasteiger partial charge on any atom is 0.322 e. The molecule has 0 bridgehead atoms. The van der Waals surface area contributed by atoms with Crippen molar-refractivity contribution >= 4 is 5.97 Å². The monoisotopic (exact) mass is 183 g/mol. The van der Waals surface area contributed by atoms with E-state index in [-0.39, 0.29) is 12.0 Å². The summed E-state index contributed by atoms with van der Waals surface area (Å²) in [6.45, 7) is 4.12. The molecule has 1 aliphatic rings. The third-order valence-electron chi connectivity index (χ3n) is 2.13. The van der Waals surface area contributed by atoms with Gasteiger partial charge in [0.1, 0.15) is 6.04 Å². The summed E-state index contributed by atoms with van der Waals surface area (Å²) < 4.78 is 4.89. The van der Waals surface area contributed by atoms with E-state index >= 15 is 0 Å². The van der Waals surface area contributed by atoms with E-state index in [1.54, 1.807) is 0 Å². The summed E-state index contributed by atoms with van der Waals surface area (Å²) in [6, 6.07) is 0.226. The van der Waals surface area contributed by atoms with Gasteiger partial charge in [-0.25, -0.2) is 0 Å². The van der Waals surface area contributed by atoms with Gasteiger partial charge in [0.15, 0.2) is 0 Å². The summed E-state index contributed by atoms with van der Waals surface area (Å²) in [6.07, 6.45) is 6.30. The lowest BCUT2D eigenvalue weighted by Crippen LogP contribution is -2.41. The molecule has 0 amide bonds. The normalized spacial score (nSPS) is 18.9. The maximum atomic E-state index is 11.2. The molecule has 0 heterocycles. The third kappa shape index (κ3) is 3.19. The Morgan fingerprint density at radius 1 is 1.62 bits per heavy atom. The number of hydrogen-bond acceptors (Lipinski definition) is 3. The quantitative estimate of drug-likeness (QED) is 0.526. The van der Waals surface area contributed by atoms with Crippen LogP contribution in [0.3, 0.4) is 0 Å². The van der Waals surface area contributed by atoms with Crippen LogP contribution < -0.4 is 5.32 Å². The first-order valence-electron chi connectivity index (χ1n) is 4.81. The van der Waals surface area contributed by atoms with Crippen LogP contribution in [0.15, 0.2) is 12.2 Å². The van der Waals surface area contributed by atoms with Gasteiger partial charge in [-0.2, -0.15) is 0 Å². The molecule has 0 aliphatic heterocycles. The minimum absolute atomic E-state index is 0.158. The molecule has 0 aromatic carbocycles. The van der Waals surface area contributed by atoms with Gasteiger partial charge in [0.2, 0.25) is 0 Å². The van der Waals surface area contributed by atoms with Gasteiger partial charge < -0.3 is 10.1 Å². The number of carbonyl (C=O) groups is 1. The molecule has 0 radical (unpaired) electrons. The van der Waals surface area contributed by atoms with Crippen molar-refractivity contribution in [2.75, 3.05) is 6.61 Å². The minimum atomic E-state index is -0.190. The second kappa shape index (κ2) is 5.02. The second-order valence-corrected chi connectivity index (χ2v) is 3.28. The molecule has 0 fully saturated rings. The first-order valence-corrected chi connectivity index (χ1v) is 4.81. The van der Waals surface area contributed by atoms with E-state index in [1.807, 2.05) is 13.8 Å². The molecule has 0 aromatic heterocycles. The largest absolute Gasteiger partial charge is 0.465 e. The Bertz CT molecular complexity index is 193. The Labute approximate surface area is 79.2 Å². The van der Waals surface area contributed by atoms with Crippen LogP contribution in [0.2, 0.25) is 0 Å². The van der Waals surface area contributed by atoms with Gasteiger partial charge in [-0.15, -0.1) is 0 Å². The molecule has 0 spiro atoms. The molecule has 1 atom stereocenters. The van der Waals surface area contributed by atoms with Gasteiger partial charge in [0.05, 0.1) is 6.61 Å². The van der Waals surface area contributed by atoms with Crippen LogP contribution in [0.4, 0.5) is 0 Å². The molecular weight excluding hydrogens is 166 g/mol. The fourth-order valence-corrected chi connectivity index (χ4v) is 1.44. The summed E-state index contributed by atoms with van der Waals surface area (Å²) in [5.41, 5.74) is 0. The molecule has 1 N–H and O–H groups in total. The van der Waals surface area contributed by atoms with Crippen molar-refractivity contribution < 1.29 is 9.53 Å². The molecular formula is C10H17NO2. The Morgan fingerprint density at radius 2 is 2.23 bits per heavy atom. The van der Waals surface area contributed by atoms with Crippen molar-refractivity contribution in [1.82, 2.24) is 5.32 Å². The fourth-order valence-electron chi connectivity index (χ4n) is 1.44. The smallest absolute Gasteiger partial charge is 0.322 e. The van der Waals surface area contributed by atoms with Gasteiger partial charge in [-0.1, -0.05) is 12.2 Å². The van der Waals surface area contributed by atoms with Crippen molar-refractivity contribution in [2.24, 2.45) is 0 Å². The standard InChI is InChI=1S/C10H17NO2/c1-3-13-10(12)8(2)11-9-6-4-5-7-9/h4-5,8-9,11H,3,6-7H2,1-2H3. The number of ether oxygens (including phenoxy) is 1. The first-order chi connectivity index (χ1) is 6.24. The van der Waals surface area contributed by atoms with E-state index < -0.39 is 0 Å². The Hall–Kier alpha value is -0.830. The van der Waals surface area contributed by atoms with E-state index in [0.29, 0.717) is 12.6 Å². The van der Waals surface area contributed by atoms with Crippen LogP contribution in [-0.2, 0) is 9.53 Å². The fraction of sp³-hybridized carbons (Fsp3) is 0.700. The summed E-state index contributed by atoms with van der Waals surface area (Å²) in [5, 5.41) is 3.23. The number of rotatable bonds is 4. The molecule has 1 aliphatic carbocycles. The zero-order valence-electron chi connectivity index (χ0n) is 8.25. The Morgan fingerprint density at radius 3 is 2.77 bits per heavy atom. The Kier molecular flexibility index (Phi) is 3.96. The molecule has 0 saturated carbocycles. The van der Waals surface area contributed by atoms with Gasteiger partial charge in [-0.3, -0.25) is 4.79 Å². The number of esters is 1. The van der Waals surface area contributed by atoms with Crippen molar-refractivity contribution in [1.29, 1.82) is 0 Å². The number of carbonyl (C=O) groups excluding carboxylic acids is 1. The average molecular weight is 183 g/mol. The highest BCUT2D eigenvalue weighted by Gasteiger charge is 2.18. The lowest BCUT2D eigenvalue weighted by molar-refractivity contribution is -0.145. The summed E-state index contributed by atoms with van der Waals surface area (Å²) in [5.74, 6) is -0.158. The minimum Gasteiger partial charge on any atom is -0.465 e. The van der Waals surface area contributed by atoms with Crippen molar-refractivity contribution in [3.63, 3.8) is 0 Å². The van der Waals surface area contributed by atoms with Crippen LogP contribution in [0, 0.1) is 0 Å². The van der Waals surface area contributed by atoms with E-state index in [0.717, 1.165) is 12.8 Å². The molecule has 3 heteroatoms. The van der Waals surface area contributed by atoms with Crippen molar-refractivity contribution in [3.05, 3.63) is 12.2 Å². The SMILES string of the molecule is CCOC(=O)C(C)NC1CC=CC1. The van der Waals surface area contributed by atoms with E-state index in [4.69, 9.17) is 4.74 Å². The zero-order chi connectivity index (χ0) is 9.68. The van der Waals surface area contributed by atoms with Gasteiger partial charge in [0, 0.05) is 6.04 Å². The van der Waals surface area contributed by atoms with Gasteiger partial charge >= 0.3 is 5.97 Å². The molecule has 0 saturated heterocycles. The predicted molar refractivity (Wildman–Crippen MR) is 51.4 cm³/mol. The van der Waals surface area contributed by atoms with Crippen molar-refractivity contribution in [2.45, 2.75) is 38.8 Å². The topological polar surface area (TPSA) is 38.3 Å². The summed E-state index contributed by atoms with van der Waals surface area (Å²) in [7, 11) is 0. The van der Waals surface area contributed by atoms with Gasteiger partial charge in [-0.05, 0) is 26.7 Å². The second-order valence-electron chi connectivity index (χ2n) is 3.28. The Balaban J connectivity index is 2.23. The molecule has 1 unspecified atom stereocenters. The predicted octanol–water partition coefficient (Wildman–Crippen LogP) is 1.25. The van der Waals surface area contributed by atoms with Crippen LogP contribution in [-0.4, -0.2) is 24.7 Å². The average Bonchev–Trinajstić information content (AvgIpc) is 2.57. The number of hydrogen-bond donors (Lipinski definition) is 1. The van der Waals surface area contributed by atoms with E-state index in [2.05, 4.69) is 17.5 Å². The summed E-state index contributed by atoms with van der Waals surface area (Å²) >= 11 is 0. The van der Waals surface area contributed by atoms with Crippen LogP contribution in [0.5, 0.6) is 0 Å². The van der Waals surface area contributed by atoms with E-state index in [1.165, 1.54) is 0 Å². The maximum absolute atomic E-state index is 11.2. The molecule has 74 valence electrons. The number of nitrogens with one attached hydrogen (secondary N) is 1. The van der Waals surface area contributed by atoms with Gasteiger partial charge in [0.25, 0.3) is 0 Å². The first kappa shape index (κ1) is 10.3. The zero-order valence-corrected chi connectivity index (χ0v) is 8.25. The highest BCUT2D eigenvalue weighted by Crippen LogP contribution is 2.10. The van der Waals surface area contributed by atoms with E-state index in [9.17, 15) is 4.79 Å². The van der Waals surface area contributed by atoms with Crippen LogP contribution in [0.1, 0.15) is 26.7 Å². The molecule has 13 heavy (non-hydrogen) atoms. The van der Waals surface area contributed by atoms with Crippen molar-refractivity contribution in [3.8, 4) is 0 Å². The highest BCUT2D eigenvalue weighted by molar-refractivity contribution is 5.75. The van der Waals surface area contributed by atoms with Crippen LogP contribution >= 0.6 is 0 Å².